The molecule has 0 rings (SSSR count). The summed E-state index contributed by atoms with van der Waals surface area (Å²) in [6.07, 6.45) is 61.2. The van der Waals surface area contributed by atoms with Crippen LogP contribution in [0.25, 0.3) is 0 Å². The molecule has 0 aliphatic rings. The van der Waals surface area contributed by atoms with E-state index < -0.39 is 6.10 Å². The van der Waals surface area contributed by atoms with Gasteiger partial charge in [0.2, 0.25) is 0 Å². The van der Waals surface area contributed by atoms with Gasteiger partial charge >= 0.3 is 11.9 Å². The minimum absolute atomic E-state index is 0.0983. The van der Waals surface area contributed by atoms with E-state index in [4.69, 9.17) is 14.2 Å². The van der Waals surface area contributed by atoms with E-state index in [-0.39, 0.29) is 18.5 Å². The van der Waals surface area contributed by atoms with E-state index in [0.717, 1.165) is 32.1 Å². The molecule has 0 heterocycles. The zero-order chi connectivity index (χ0) is 44.9. The van der Waals surface area contributed by atoms with Crippen LogP contribution in [0.5, 0.6) is 0 Å². The van der Waals surface area contributed by atoms with E-state index in [0.29, 0.717) is 26.1 Å². The maximum absolute atomic E-state index is 12.8. The molecule has 0 aliphatic heterocycles. The first kappa shape index (κ1) is 60.9. The van der Waals surface area contributed by atoms with Crippen LogP contribution in [0.4, 0.5) is 0 Å². The van der Waals surface area contributed by atoms with E-state index >= 15 is 0 Å². The van der Waals surface area contributed by atoms with E-state index in [9.17, 15) is 9.59 Å². The molecule has 0 N–H and O–H groups in total. The van der Waals surface area contributed by atoms with Gasteiger partial charge in [-0.2, -0.15) is 0 Å². The second-order valence-electron chi connectivity index (χ2n) is 19.6. The van der Waals surface area contributed by atoms with E-state index in [1.807, 2.05) is 0 Å². The molecule has 0 aromatic rings. The molecule has 0 saturated heterocycles. The van der Waals surface area contributed by atoms with Crippen LogP contribution in [0.3, 0.4) is 0 Å². The summed E-state index contributed by atoms with van der Waals surface area (Å²) in [4.78, 5) is 25.5. The Balaban J connectivity index is 4.16. The van der Waals surface area contributed by atoms with Gasteiger partial charge in [0.05, 0.1) is 6.61 Å². The highest BCUT2D eigenvalue weighted by Gasteiger charge is 2.17. The Hall–Kier alpha value is -1.10. The topological polar surface area (TPSA) is 61.8 Å². The molecule has 0 bridgehead atoms. The van der Waals surface area contributed by atoms with Crippen molar-refractivity contribution in [1.29, 1.82) is 0 Å². The molecule has 0 spiro atoms. The fraction of sp³-hybridized carbons (Fsp3) is 0.965. The zero-order valence-electron chi connectivity index (χ0n) is 42.7. The van der Waals surface area contributed by atoms with Crippen LogP contribution in [0, 0.1) is 0 Å². The number of ether oxygens (including phenoxy) is 3. The zero-order valence-corrected chi connectivity index (χ0v) is 42.7. The Morgan fingerprint density at radius 1 is 0.290 bits per heavy atom. The molecule has 5 heteroatoms. The number of hydrogen-bond acceptors (Lipinski definition) is 5. The SMILES string of the molecule is CCCCCCCCCCCCCCCCCCCC(=O)OC[C@@H](COCCCCCCCCCCCCCCCCCC)OC(=O)CCCCCCCCCCCCCCC. The summed E-state index contributed by atoms with van der Waals surface area (Å²) in [6.45, 7) is 7.92. The van der Waals surface area contributed by atoms with Crippen molar-refractivity contribution in [3.63, 3.8) is 0 Å². The van der Waals surface area contributed by atoms with Gasteiger partial charge in [-0.15, -0.1) is 0 Å². The van der Waals surface area contributed by atoms with Gasteiger partial charge in [0, 0.05) is 19.4 Å². The molecule has 0 aromatic carbocycles. The average Bonchev–Trinajstić information content (AvgIpc) is 3.27. The Bertz CT molecular complexity index is 860. The van der Waals surface area contributed by atoms with Gasteiger partial charge in [-0.3, -0.25) is 9.59 Å². The second-order valence-corrected chi connectivity index (χ2v) is 19.6. The highest BCUT2D eigenvalue weighted by atomic mass is 16.6. The van der Waals surface area contributed by atoms with Crippen LogP contribution in [-0.4, -0.2) is 37.9 Å². The molecular formula is C57H112O5. The predicted octanol–water partition coefficient (Wildman–Crippen LogP) is 19.2. The third-order valence-electron chi connectivity index (χ3n) is 13.1. The predicted molar refractivity (Wildman–Crippen MR) is 270 cm³/mol. The Morgan fingerprint density at radius 2 is 0.532 bits per heavy atom. The average molecular weight is 878 g/mol. The van der Waals surface area contributed by atoms with Crippen molar-refractivity contribution in [2.75, 3.05) is 19.8 Å². The quantitative estimate of drug-likeness (QED) is 0.0450. The van der Waals surface area contributed by atoms with E-state index in [1.165, 1.54) is 263 Å². The fourth-order valence-corrected chi connectivity index (χ4v) is 8.87. The van der Waals surface area contributed by atoms with Crippen LogP contribution < -0.4 is 0 Å². The monoisotopic (exact) mass is 877 g/mol. The lowest BCUT2D eigenvalue weighted by molar-refractivity contribution is -0.163. The Labute approximate surface area is 389 Å². The Morgan fingerprint density at radius 3 is 0.823 bits per heavy atom. The van der Waals surface area contributed by atoms with Gasteiger partial charge < -0.3 is 14.2 Å². The summed E-state index contributed by atoms with van der Waals surface area (Å²) in [5.41, 5.74) is 0. The van der Waals surface area contributed by atoms with Crippen molar-refractivity contribution in [2.45, 2.75) is 335 Å². The second kappa shape index (κ2) is 54.2. The molecule has 0 aliphatic carbocycles. The lowest BCUT2D eigenvalue weighted by Crippen LogP contribution is -2.30. The summed E-state index contributed by atoms with van der Waals surface area (Å²) in [6, 6.07) is 0. The Kier molecular flexibility index (Phi) is 53.3. The highest BCUT2D eigenvalue weighted by Crippen LogP contribution is 2.17. The molecule has 0 aromatic heterocycles. The molecule has 0 radical (unpaired) electrons. The van der Waals surface area contributed by atoms with Crippen molar-refractivity contribution in [3.05, 3.63) is 0 Å². The molecule has 0 unspecified atom stereocenters. The number of hydrogen-bond donors (Lipinski definition) is 0. The van der Waals surface area contributed by atoms with Crippen LogP contribution in [0.1, 0.15) is 329 Å². The van der Waals surface area contributed by atoms with Gasteiger partial charge in [-0.1, -0.05) is 297 Å². The molecule has 0 amide bonds. The summed E-state index contributed by atoms with van der Waals surface area (Å²) in [5, 5.41) is 0. The minimum Gasteiger partial charge on any atom is -0.462 e. The maximum Gasteiger partial charge on any atom is 0.306 e. The van der Waals surface area contributed by atoms with E-state index in [1.54, 1.807) is 0 Å². The third kappa shape index (κ3) is 51.5. The van der Waals surface area contributed by atoms with Crippen molar-refractivity contribution < 1.29 is 23.8 Å². The highest BCUT2D eigenvalue weighted by molar-refractivity contribution is 5.70. The third-order valence-corrected chi connectivity index (χ3v) is 13.1. The number of carbonyl (C=O) groups excluding carboxylic acids is 2. The smallest absolute Gasteiger partial charge is 0.306 e. The van der Waals surface area contributed by atoms with Gasteiger partial charge in [-0.05, 0) is 19.3 Å². The van der Waals surface area contributed by atoms with Crippen molar-refractivity contribution >= 4 is 11.9 Å². The number of rotatable bonds is 54. The molecule has 370 valence electrons. The van der Waals surface area contributed by atoms with Crippen molar-refractivity contribution in [1.82, 2.24) is 0 Å². The molecule has 62 heavy (non-hydrogen) atoms. The van der Waals surface area contributed by atoms with Crippen molar-refractivity contribution in [2.24, 2.45) is 0 Å². The summed E-state index contributed by atoms with van der Waals surface area (Å²) in [7, 11) is 0. The van der Waals surface area contributed by atoms with Gasteiger partial charge in [0.25, 0.3) is 0 Å². The first-order valence-corrected chi connectivity index (χ1v) is 28.6. The van der Waals surface area contributed by atoms with Crippen LogP contribution in [0.2, 0.25) is 0 Å². The lowest BCUT2D eigenvalue weighted by Gasteiger charge is -2.18. The fourth-order valence-electron chi connectivity index (χ4n) is 8.87. The van der Waals surface area contributed by atoms with Crippen LogP contribution in [-0.2, 0) is 23.8 Å². The summed E-state index contributed by atoms with van der Waals surface area (Å²) >= 11 is 0. The van der Waals surface area contributed by atoms with Crippen molar-refractivity contribution in [3.8, 4) is 0 Å². The summed E-state index contributed by atoms with van der Waals surface area (Å²) in [5.74, 6) is -0.366. The molecule has 0 fully saturated rings. The number of unbranched alkanes of at least 4 members (excludes halogenated alkanes) is 43. The minimum atomic E-state index is -0.523. The summed E-state index contributed by atoms with van der Waals surface area (Å²) < 4.78 is 17.5. The normalized spacial score (nSPS) is 12.0. The van der Waals surface area contributed by atoms with Gasteiger partial charge in [0.15, 0.2) is 6.10 Å². The maximum atomic E-state index is 12.8. The molecule has 5 nitrogen and oxygen atoms in total. The largest absolute Gasteiger partial charge is 0.462 e. The van der Waals surface area contributed by atoms with Gasteiger partial charge in [0.1, 0.15) is 6.61 Å². The van der Waals surface area contributed by atoms with Gasteiger partial charge in [-0.25, -0.2) is 0 Å². The van der Waals surface area contributed by atoms with E-state index in [2.05, 4.69) is 20.8 Å². The van der Waals surface area contributed by atoms with Crippen LogP contribution in [0.15, 0.2) is 0 Å². The number of esters is 2. The lowest BCUT2D eigenvalue weighted by atomic mass is 10.0. The number of carbonyl (C=O) groups is 2. The first-order valence-electron chi connectivity index (χ1n) is 28.6. The molecule has 0 saturated carbocycles. The first-order chi connectivity index (χ1) is 30.6. The standard InChI is InChI=1S/C57H112O5/c1-4-7-10-13-16-19-22-25-27-29-30-33-35-38-41-44-47-50-56(58)61-54-55(62-57(59)51-48-45-42-39-36-32-24-21-18-15-12-9-6-3)53-60-52-49-46-43-40-37-34-31-28-26-23-20-17-14-11-8-5-2/h55H,4-54H2,1-3H3/t55-/m1/s1. The molecule has 1 atom stereocenters. The van der Waals surface area contributed by atoms with Crippen LogP contribution >= 0.6 is 0 Å². The molecular weight excluding hydrogens is 765 g/mol.